The van der Waals surface area contributed by atoms with E-state index in [2.05, 4.69) is 15.5 Å². The van der Waals surface area contributed by atoms with Crippen LogP contribution in [0.2, 0.25) is 5.02 Å². The zero-order valence-corrected chi connectivity index (χ0v) is 18.6. The topological polar surface area (TPSA) is 107 Å². The van der Waals surface area contributed by atoms with Gasteiger partial charge in [-0.05, 0) is 70.9 Å². The van der Waals surface area contributed by atoms with Gasteiger partial charge in [-0.15, -0.1) is 5.10 Å². The van der Waals surface area contributed by atoms with Crippen molar-refractivity contribution in [3.63, 3.8) is 0 Å². The number of nitrogens with zero attached hydrogens (tertiary/aromatic N) is 5. The van der Waals surface area contributed by atoms with Crippen LogP contribution in [0.3, 0.4) is 0 Å². The minimum Gasteiger partial charge on any atom is -0.423 e. The van der Waals surface area contributed by atoms with Crippen molar-refractivity contribution in [1.82, 2.24) is 20.2 Å². The van der Waals surface area contributed by atoms with E-state index in [0.29, 0.717) is 24.3 Å². The number of fused-ring (bicyclic) bond motifs is 1. The number of sulfonamides is 1. The average molecular weight is 482 g/mol. The number of tetrazole rings is 1. The van der Waals surface area contributed by atoms with Gasteiger partial charge in [0.1, 0.15) is 17.0 Å². The lowest BCUT2D eigenvalue weighted by atomic mass is 10.2. The zero-order valence-electron chi connectivity index (χ0n) is 17.0. The molecule has 0 unspecified atom stereocenters. The molecule has 4 aromatic rings. The van der Waals surface area contributed by atoms with Crippen LogP contribution in [-0.2, 0) is 16.4 Å². The van der Waals surface area contributed by atoms with Gasteiger partial charge < -0.3 is 4.74 Å². The number of carbonyl (C=O) groups is 1. The highest BCUT2D eigenvalue weighted by atomic mass is 35.5. The largest absolute Gasteiger partial charge is 0.423 e. The smallest absolute Gasteiger partial charge is 0.343 e. The molecule has 3 aromatic carbocycles. The summed E-state index contributed by atoms with van der Waals surface area (Å²) >= 11 is 6.24. The normalized spacial score (nSPS) is 13.1. The number of aromatic nitrogens is 4. The van der Waals surface area contributed by atoms with Gasteiger partial charge in [0.25, 0.3) is 10.0 Å². The molecule has 0 fully saturated rings. The number of carbonyl (C=O) groups excluding carboxylic acids is 1. The van der Waals surface area contributed by atoms with Crippen LogP contribution in [0.25, 0.3) is 5.69 Å². The summed E-state index contributed by atoms with van der Waals surface area (Å²) in [4.78, 5) is 12.6. The van der Waals surface area contributed by atoms with Crippen LogP contribution in [-0.4, -0.2) is 41.1 Å². The van der Waals surface area contributed by atoms with Crippen LogP contribution in [0, 0.1) is 0 Å². The summed E-state index contributed by atoms with van der Waals surface area (Å²) in [6.45, 7) is 0.306. The van der Waals surface area contributed by atoms with Gasteiger partial charge in [0, 0.05) is 6.54 Å². The van der Waals surface area contributed by atoms with E-state index in [1.807, 2.05) is 12.1 Å². The fourth-order valence-electron chi connectivity index (χ4n) is 3.62. The monoisotopic (exact) mass is 481 g/mol. The van der Waals surface area contributed by atoms with Gasteiger partial charge in [0.15, 0.2) is 0 Å². The zero-order chi connectivity index (χ0) is 23.0. The lowest BCUT2D eigenvalue weighted by Crippen LogP contribution is -2.29. The summed E-state index contributed by atoms with van der Waals surface area (Å²) in [6.07, 6.45) is 2.05. The van der Waals surface area contributed by atoms with E-state index < -0.39 is 16.0 Å². The van der Waals surface area contributed by atoms with E-state index in [1.165, 1.54) is 33.5 Å². The molecule has 0 amide bonds. The summed E-state index contributed by atoms with van der Waals surface area (Å²) < 4.78 is 34.9. The van der Waals surface area contributed by atoms with E-state index in [-0.39, 0.29) is 21.2 Å². The second-order valence-corrected chi connectivity index (χ2v) is 9.48. The highest BCUT2D eigenvalue weighted by Gasteiger charge is 2.32. The van der Waals surface area contributed by atoms with Crippen LogP contribution >= 0.6 is 11.6 Å². The number of anilines is 1. The SMILES string of the molecule is O=C(Oc1ccc(-n2cnnn2)cc1)c1ccc(Cl)c(S(=O)(=O)N2CCc3ccccc32)c1. The van der Waals surface area contributed by atoms with Crippen molar-refractivity contribution >= 4 is 33.3 Å². The summed E-state index contributed by atoms with van der Waals surface area (Å²) in [5.74, 6) is -0.426. The highest BCUT2D eigenvalue weighted by molar-refractivity contribution is 7.93. The van der Waals surface area contributed by atoms with Crippen molar-refractivity contribution < 1.29 is 17.9 Å². The molecule has 1 aliphatic heterocycles. The number of rotatable bonds is 5. The molecule has 1 aromatic heterocycles. The maximum absolute atomic E-state index is 13.4. The molecule has 5 rings (SSSR count). The second kappa shape index (κ2) is 8.30. The van der Waals surface area contributed by atoms with Crippen LogP contribution in [0.1, 0.15) is 15.9 Å². The van der Waals surface area contributed by atoms with Crippen molar-refractivity contribution in [2.45, 2.75) is 11.3 Å². The Labute approximate surface area is 194 Å². The molecule has 0 saturated carbocycles. The first kappa shape index (κ1) is 21.1. The van der Waals surface area contributed by atoms with Gasteiger partial charge in [-0.3, -0.25) is 4.31 Å². The Balaban J connectivity index is 1.40. The fourth-order valence-corrected chi connectivity index (χ4v) is 5.62. The molecule has 0 aliphatic carbocycles. The summed E-state index contributed by atoms with van der Waals surface area (Å²) in [5, 5.41) is 11.0. The maximum Gasteiger partial charge on any atom is 0.343 e. The summed E-state index contributed by atoms with van der Waals surface area (Å²) in [6, 6.07) is 17.9. The van der Waals surface area contributed by atoms with Crippen LogP contribution < -0.4 is 9.04 Å². The lowest BCUT2D eigenvalue weighted by Gasteiger charge is -2.20. The molecule has 11 heteroatoms. The third-order valence-electron chi connectivity index (χ3n) is 5.24. The van der Waals surface area contributed by atoms with Crippen molar-refractivity contribution in [3.05, 3.63) is 89.2 Å². The van der Waals surface area contributed by atoms with E-state index in [9.17, 15) is 13.2 Å². The Kier molecular flexibility index (Phi) is 5.31. The quantitative estimate of drug-likeness (QED) is 0.318. The molecule has 1 aliphatic rings. The molecule has 0 bridgehead atoms. The molecule has 0 N–H and O–H groups in total. The number of benzene rings is 3. The molecular formula is C22H16ClN5O4S. The van der Waals surface area contributed by atoms with Crippen molar-refractivity contribution in [3.8, 4) is 11.4 Å². The second-order valence-electron chi connectivity index (χ2n) is 7.24. The fraction of sp³-hybridized carbons (Fsp3) is 0.0909. The molecule has 0 radical (unpaired) electrons. The Hall–Kier alpha value is -3.76. The molecule has 33 heavy (non-hydrogen) atoms. The Morgan fingerprint density at radius 1 is 1.03 bits per heavy atom. The number of hydrogen-bond acceptors (Lipinski definition) is 7. The molecule has 166 valence electrons. The first-order chi connectivity index (χ1) is 15.9. The first-order valence-electron chi connectivity index (χ1n) is 9.89. The van der Waals surface area contributed by atoms with E-state index >= 15 is 0 Å². The number of halogens is 1. The molecule has 0 spiro atoms. The summed E-state index contributed by atoms with van der Waals surface area (Å²) in [5.41, 5.74) is 2.31. The Morgan fingerprint density at radius 3 is 2.58 bits per heavy atom. The minimum absolute atomic E-state index is 0.0294. The van der Waals surface area contributed by atoms with E-state index in [1.54, 1.807) is 36.4 Å². The summed E-state index contributed by atoms with van der Waals surface area (Å²) in [7, 11) is -3.97. The average Bonchev–Trinajstić information content (AvgIpc) is 3.50. The van der Waals surface area contributed by atoms with E-state index in [0.717, 1.165) is 5.56 Å². The van der Waals surface area contributed by atoms with Crippen LogP contribution in [0.4, 0.5) is 5.69 Å². The predicted molar refractivity (Wildman–Crippen MR) is 120 cm³/mol. The molecule has 9 nitrogen and oxygen atoms in total. The van der Waals surface area contributed by atoms with Gasteiger partial charge in [-0.1, -0.05) is 29.8 Å². The van der Waals surface area contributed by atoms with Gasteiger partial charge in [0.2, 0.25) is 0 Å². The number of esters is 1. The third-order valence-corrected chi connectivity index (χ3v) is 7.54. The molecule has 0 saturated heterocycles. The van der Waals surface area contributed by atoms with Gasteiger partial charge >= 0.3 is 5.97 Å². The predicted octanol–water partition coefficient (Wildman–Crippen LogP) is 3.29. The first-order valence-corrected chi connectivity index (χ1v) is 11.7. The van der Waals surface area contributed by atoms with Crippen molar-refractivity contribution in [1.29, 1.82) is 0 Å². The maximum atomic E-state index is 13.4. The van der Waals surface area contributed by atoms with Crippen LogP contribution in [0.5, 0.6) is 5.75 Å². The number of ether oxygens (including phenoxy) is 1. The van der Waals surface area contributed by atoms with Crippen LogP contribution in [0.15, 0.2) is 78.0 Å². The van der Waals surface area contributed by atoms with E-state index in [4.69, 9.17) is 16.3 Å². The Bertz CT molecular complexity index is 1440. The van der Waals surface area contributed by atoms with Gasteiger partial charge in [-0.25, -0.2) is 17.9 Å². The minimum atomic E-state index is -3.97. The van der Waals surface area contributed by atoms with Crippen molar-refractivity contribution in [2.75, 3.05) is 10.8 Å². The van der Waals surface area contributed by atoms with Crippen molar-refractivity contribution in [2.24, 2.45) is 0 Å². The Morgan fingerprint density at radius 2 is 1.82 bits per heavy atom. The van der Waals surface area contributed by atoms with Gasteiger partial charge in [0.05, 0.1) is 22.0 Å². The molecular weight excluding hydrogens is 466 g/mol. The molecule has 0 atom stereocenters. The molecule has 2 heterocycles. The third kappa shape index (κ3) is 3.94. The lowest BCUT2D eigenvalue weighted by molar-refractivity contribution is 0.0734. The highest BCUT2D eigenvalue weighted by Crippen LogP contribution is 2.35. The van der Waals surface area contributed by atoms with Gasteiger partial charge in [-0.2, -0.15) is 0 Å². The number of hydrogen-bond donors (Lipinski definition) is 0. The number of para-hydroxylation sites is 1. The standard InChI is InChI=1S/C22H16ClN5O4S/c23-19-10-5-16(22(29)32-18-8-6-17(7-9-18)27-14-24-25-26-27)13-21(19)33(30,31)28-12-11-15-3-1-2-4-20(15)28/h1-10,13-14H,11-12H2.